The van der Waals surface area contributed by atoms with Gasteiger partial charge in [0.25, 0.3) is 0 Å². The Morgan fingerprint density at radius 2 is 2.10 bits per heavy atom. The van der Waals surface area contributed by atoms with Crippen molar-refractivity contribution < 1.29 is 8.78 Å². The molecule has 1 atom stereocenters. The van der Waals surface area contributed by atoms with Crippen LogP contribution in [0.15, 0.2) is 33.4 Å². The Kier molecular flexibility index (Phi) is 5.69. The number of halogens is 3. The minimum atomic E-state index is -0.539. The monoisotopic (exact) mass is 359 g/mol. The van der Waals surface area contributed by atoms with Crippen molar-refractivity contribution >= 4 is 27.3 Å². The first kappa shape index (κ1) is 15.6. The number of thiophene rings is 1. The van der Waals surface area contributed by atoms with E-state index in [2.05, 4.69) is 33.6 Å². The SMILES string of the molecule is CCCNC(Cc1ccc(F)cc1F)c1csc(Br)c1. The molecule has 1 aromatic carbocycles. The average Bonchev–Trinajstić information content (AvgIpc) is 2.83. The second-order valence-electron chi connectivity index (χ2n) is 4.63. The van der Waals surface area contributed by atoms with E-state index in [-0.39, 0.29) is 6.04 Å². The Balaban J connectivity index is 2.18. The molecule has 1 aromatic heterocycles. The van der Waals surface area contributed by atoms with Gasteiger partial charge in [0.1, 0.15) is 11.6 Å². The van der Waals surface area contributed by atoms with Crippen LogP contribution in [0.1, 0.15) is 30.5 Å². The van der Waals surface area contributed by atoms with Crippen LogP contribution in [0.3, 0.4) is 0 Å². The zero-order valence-corrected chi connectivity index (χ0v) is 13.5. The van der Waals surface area contributed by atoms with E-state index < -0.39 is 11.6 Å². The van der Waals surface area contributed by atoms with E-state index >= 15 is 0 Å². The van der Waals surface area contributed by atoms with Gasteiger partial charge in [-0.25, -0.2) is 8.78 Å². The molecule has 108 valence electrons. The number of hydrogen-bond donors (Lipinski definition) is 1. The lowest BCUT2D eigenvalue weighted by Gasteiger charge is -2.18. The van der Waals surface area contributed by atoms with Crippen molar-refractivity contribution in [2.75, 3.05) is 6.54 Å². The molecule has 0 radical (unpaired) electrons. The van der Waals surface area contributed by atoms with E-state index in [0.717, 1.165) is 28.4 Å². The molecule has 5 heteroatoms. The zero-order chi connectivity index (χ0) is 14.5. The minimum Gasteiger partial charge on any atom is -0.310 e. The van der Waals surface area contributed by atoms with Gasteiger partial charge in [0.05, 0.1) is 3.79 Å². The fraction of sp³-hybridized carbons (Fsp3) is 0.333. The van der Waals surface area contributed by atoms with E-state index in [0.29, 0.717) is 12.0 Å². The summed E-state index contributed by atoms with van der Waals surface area (Å²) >= 11 is 5.05. The third kappa shape index (κ3) is 4.11. The lowest BCUT2D eigenvalue weighted by atomic mass is 10.0. The van der Waals surface area contributed by atoms with E-state index in [9.17, 15) is 8.78 Å². The molecule has 0 saturated heterocycles. The third-order valence-electron chi connectivity index (χ3n) is 3.07. The molecule has 2 rings (SSSR count). The summed E-state index contributed by atoms with van der Waals surface area (Å²) in [6.07, 6.45) is 1.52. The second-order valence-corrected chi connectivity index (χ2v) is 6.92. The maximum atomic E-state index is 13.8. The van der Waals surface area contributed by atoms with Crippen LogP contribution in [0.25, 0.3) is 0 Å². The van der Waals surface area contributed by atoms with Crippen LogP contribution in [0.2, 0.25) is 0 Å². The molecule has 0 bridgehead atoms. The van der Waals surface area contributed by atoms with Gasteiger partial charge in [0, 0.05) is 12.1 Å². The van der Waals surface area contributed by atoms with Crippen LogP contribution in [0.4, 0.5) is 8.78 Å². The maximum Gasteiger partial charge on any atom is 0.129 e. The van der Waals surface area contributed by atoms with Gasteiger partial charge in [0.15, 0.2) is 0 Å². The Morgan fingerprint density at radius 1 is 1.30 bits per heavy atom. The topological polar surface area (TPSA) is 12.0 Å². The first-order valence-corrected chi connectivity index (χ1v) is 8.18. The highest BCUT2D eigenvalue weighted by Crippen LogP contribution is 2.28. The van der Waals surface area contributed by atoms with Crippen LogP contribution < -0.4 is 5.32 Å². The van der Waals surface area contributed by atoms with E-state index in [4.69, 9.17) is 0 Å². The molecule has 0 aliphatic rings. The molecule has 0 amide bonds. The van der Waals surface area contributed by atoms with Crippen LogP contribution in [-0.4, -0.2) is 6.54 Å². The van der Waals surface area contributed by atoms with Gasteiger partial charge in [-0.15, -0.1) is 11.3 Å². The summed E-state index contributed by atoms with van der Waals surface area (Å²) in [5.74, 6) is -1.02. The van der Waals surface area contributed by atoms with Crippen molar-refractivity contribution in [1.82, 2.24) is 5.32 Å². The lowest BCUT2D eigenvalue weighted by Crippen LogP contribution is -2.24. The molecule has 1 heterocycles. The molecular weight excluding hydrogens is 344 g/mol. The summed E-state index contributed by atoms with van der Waals surface area (Å²) in [7, 11) is 0. The zero-order valence-electron chi connectivity index (χ0n) is 11.1. The standard InChI is InChI=1S/C15H16BrF2NS/c1-2-5-19-14(11-7-15(16)20-9-11)6-10-3-4-12(17)8-13(10)18/h3-4,7-9,14,19H,2,5-6H2,1H3. The highest BCUT2D eigenvalue weighted by atomic mass is 79.9. The van der Waals surface area contributed by atoms with E-state index in [1.807, 2.05) is 6.07 Å². The predicted octanol–water partition coefficient (Wildman–Crippen LogP) is 5.07. The van der Waals surface area contributed by atoms with Gasteiger partial charge in [0.2, 0.25) is 0 Å². The smallest absolute Gasteiger partial charge is 0.129 e. The second kappa shape index (κ2) is 7.29. The number of hydrogen-bond acceptors (Lipinski definition) is 2. The molecule has 0 aliphatic carbocycles. The summed E-state index contributed by atoms with van der Waals surface area (Å²) in [6, 6.07) is 5.85. The van der Waals surface area contributed by atoms with Crippen molar-refractivity contribution in [3.8, 4) is 0 Å². The first-order valence-electron chi connectivity index (χ1n) is 6.51. The fourth-order valence-electron chi connectivity index (χ4n) is 2.04. The van der Waals surface area contributed by atoms with E-state index in [1.54, 1.807) is 11.3 Å². The predicted molar refractivity (Wildman–Crippen MR) is 83.1 cm³/mol. The molecule has 0 spiro atoms. The first-order chi connectivity index (χ1) is 9.60. The molecule has 1 N–H and O–H groups in total. The minimum absolute atomic E-state index is 0.0393. The fourth-order valence-corrected chi connectivity index (χ4v) is 3.27. The average molecular weight is 360 g/mol. The molecule has 0 aliphatic heterocycles. The van der Waals surface area contributed by atoms with Gasteiger partial charge in [-0.2, -0.15) is 0 Å². The van der Waals surface area contributed by atoms with Crippen molar-refractivity contribution in [2.45, 2.75) is 25.8 Å². The van der Waals surface area contributed by atoms with Gasteiger partial charge >= 0.3 is 0 Å². The number of rotatable bonds is 6. The van der Waals surface area contributed by atoms with Crippen LogP contribution in [-0.2, 0) is 6.42 Å². The highest BCUT2D eigenvalue weighted by Gasteiger charge is 2.15. The van der Waals surface area contributed by atoms with Crippen molar-refractivity contribution in [3.05, 3.63) is 56.2 Å². The van der Waals surface area contributed by atoms with Crippen molar-refractivity contribution in [2.24, 2.45) is 0 Å². The Hall–Kier alpha value is -0.780. The van der Waals surface area contributed by atoms with Gasteiger partial charge in [-0.3, -0.25) is 0 Å². The summed E-state index contributed by atoms with van der Waals surface area (Å²) in [4.78, 5) is 0. The summed E-state index contributed by atoms with van der Waals surface area (Å²) < 4.78 is 27.8. The molecule has 20 heavy (non-hydrogen) atoms. The summed E-state index contributed by atoms with van der Waals surface area (Å²) in [6.45, 7) is 2.95. The summed E-state index contributed by atoms with van der Waals surface area (Å²) in [5.41, 5.74) is 1.65. The van der Waals surface area contributed by atoms with E-state index in [1.165, 1.54) is 12.1 Å². The van der Waals surface area contributed by atoms with Gasteiger partial charge in [-0.05, 0) is 64.0 Å². The normalized spacial score (nSPS) is 12.6. The molecule has 0 saturated carbocycles. The molecule has 1 nitrogen and oxygen atoms in total. The quantitative estimate of drug-likeness (QED) is 0.758. The molecule has 2 aromatic rings. The van der Waals surface area contributed by atoms with Crippen LogP contribution in [0, 0.1) is 11.6 Å². The Labute approximate surface area is 130 Å². The number of benzene rings is 1. The summed E-state index contributed by atoms with van der Waals surface area (Å²) in [5, 5.41) is 5.47. The van der Waals surface area contributed by atoms with Crippen LogP contribution in [0.5, 0.6) is 0 Å². The molecule has 0 fully saturated rings. The Bertz CT molecular complexity index is 571. The van der Waals surface area contributed by atoms with Gasteiger partial charge < -0.3 is 5.32 Å². The Morgan fingerprint density at radius 3 is 2.70 bits per heavy atom. The van der Waals surface area contributed by atoms with Crippen molar-refractivity contribution in [1.29, 1.82) is 0 Å². The highest BCUT2D eigenvalue weighted by molar-refractivity contribution is 9.11. The largest absolute Gasteiger partial charge is 0.310 e. The molecule has 1 unspecified atom stereocenters. The van der Waals surface area contributed by atoms with Crippen LogP contribution >= 0.6 is 27.3 Å². The van der Waals surface area contributed by atoms with Crippen molar-refractivity contribution in [3.63, 3.8) is 0 Å². The third-order valence-corrected chi connectivity index (χ3v) is 4.59. The number of nitrogens with one attached hydrogen (secondary N) is 1. The van der Waals surface area contributed by atoms with Gasteiger partial charge in [-0.1, -0.05) is 13.0 Å². The lowest BCUT2D eigenvalue weighted by molar-refractivity contribution is 0.509. The molecular formula is C15H16BrF2NS. The maximum absolute atomic E-state index is 13.8.